The average molecular weight is 219 g/mol. The van der Waals surface area contributed by atoms with Gasteiger partial charge in [-0.1, -0.05) is 6.07 Å². The normalized spacial score (nSPS) is 10.4. The first-order valence-corrected chi connectivity index (χ1v) is 5.16. The molecule has 2 rings (SSSR count). The summed E-state index contributed by atoms with van der Waals surface area (Å²) in [5.74, 6) is -0.231. The van der Waals surface area contributed by atoms with Gasteiger partial charge in [-0.2, -0.15) is 5.10 Å². The smallest absolute Gasteiger partial charge is 0.125 e. The maximum atomic E-state index is 12.9. The van der Waals surface area contributed by atoms with Crippen LogP contribution in [0.25, 0.3) is 0 Å². The van der Waals surface area contributed by atoms with Gasteiger partial charge >= 0.3 is 0 Å². The lowest BCUT2D eigenvalue weighted by Gasteiger charge is -2.06. The van der Waals surface area contributed by atoms with Crippen LogP contribution in [-0.2, 0) is 6.54 Å². The molecular formula is C12H14FN3. The number of nitrogens with zero attached hydrogens (tertiary/aromatic N) is 1. The van der Waals surface area contributed by atoms with E-state index in [0.717, 1.165) is 22.6 Å². The monoisotopic (exact) mass is 219 g/mol. The van der Waals surface area contributed by atoms with Crippen molar-refractivity contribution < 1.29 is 4.39 Å². The third-order valence-corrected chi connectivity index (χ3v) is 2.57. The summed E-state index contributed by atoms with van der Waals surface area (Å²) < 4.78 is 12.9. The molecule has 0 saturated heterocycles. The topological polar surface area (TPSA) is 40.7 Å². The lowest BCUT2D eigenvalue weighted by molar-refractivity contribution is 0.628. The maximum Gasteiger partial charge on any atom is 0.125 e. The van der Waals surface area contributed by atoms with Crippen LogP contribution in [0, 0.1) is 19.7 Å². The Balaban J connectivity index is 2.08. The maximum absolute atomic E-state index is 12.9. The quantitative estimate of drug-likeness (QED) is 0.833. The molecule has 0 atom stereocenters. The molecule has 0 unspecified atom stereocenters. The molecule has 2 aromatic rings. The van der Waals surface area contributed by atoms with Crippen molar-refractivity contribution in [2.24, 2.45) is 0 Å². The lowest BCUT2D eigenvalue weighted by Crippen LogP contribution is -2.01. The Labute approximate surface area is 93.7 Å². The van der Waals surface area contributed by atoms with Gasteiger partial charge in [0, 0.05) is 23.5 Å². The fourth-order valence-corrected chi connectivity index (χ4v) is 1.62. The van der Waals surface area contributed by atoms with Gasteiger partial charge in [0.25, 0.3) is 0 Å². The van der Waals surface area contributed by atoms with Crippen molar-refractivity contribution in [1.29, 1.82) is 0 Å². The highest BCUT2D eigenvalue weighted by Crippen LogP contribution is 2.14. The molecule has 16 heavy (non-hydrogen) atoms. The molecule has 2 N–H and O–H groups in total. The summed E-state index contributed by atoms with van der Waals surface area (Å²) in [7, 11) is 0. The van der Waals surface area contributed by atoms with Crippen LogP contribution < -0.4 is 5.32 Å². The third kappa shape index (κ3) is 2.21. The van der Waals surface area contributed by atoms with Crippen LogP contribution >= 0.6 is 0 Å². The fraction of sp³-hybridized carbons (Fsp3) is 0.250. The molecule has 0 aliphatic carbocycles. The van der Waals surface area contributed by atoms with Crippen LogP contribution in [0.5, 0.6) is 0 Å². The highest BCUT2D eigenvalue weighted by Gasteiger charge is 2.05. The second-order valence-corrected chi connectivity index (χ2v) is 3.78. The number of aromatic nitrogens is 2. The number of halogens is 1. The number of aromatic amines is 1. The summed E-state index contributed by atoms with van der Waals surface area (Å²) in [6, 6.07) is 6.44. The summed E-state index contributed by atoms with van der Waals surface area (Å²) in [6.45, 7) is 4.58. The summed E-state index contributed by atoms with van der Waals surface area (Å²) in [5.41, 5.74) is 3.92. The first-order chi connectivity index (χ1) is 7.66. The van der Waals surface area contributed by atoms with Crippen molar-refractivity contribution in [3.8, 4) is 0 Å². The molecule has 0 bridgehead atoms. The predicted octanol–water partition coefficient (Wildman–Crippen LogP) is 2.78. The third-order valence-electron chi connectivity index (χ3n) is 2.57. The molecule has 0 saturated carbocycles. The zero-order chi connectivity index (χ0) is 11.5. The Hall–Kier alpha value is -1.84. The number of hydrogen-bond acceptors (Lipinski definition) is 2. The van der Waals surface area contributed by atoms with E-state index < -0.39 is 0 Å². The van der Waals surface area contributed by atoms with E-state index in [1.807, 2.05) is 19.9 Å². The Morgan fingerprint density at radius 3 is 2.81 bits per heavy atom. The summed E-state index contributed by atoms with van der Waals surface area (Å²) in [6.07, 6.45) is 0. The molecule has 4 heteroatoms. The Morgan fingerprint density at radius 2 is 2.19 bits per heavy atom. The van der Waals surface area contributed by atoms with E-state index >= 15 is 0 Å². The van der Waals surface area contributed by atoms with Crippen molar-refractivity contribution in [1.82, 2.24) is 10.2 Å². The van der Waals surface area contributed by atoms with Crippen LogP contribution in [0.1, 0.15) is 17.0 Å². The number of nitrogens with one attached hydrogen (secondary N) is 2. The molecule has 0 fully saturated rings. The number of anilines is 1. The number of hydrogen-bond donors (Lipinski definition) is 2. The van der Waals surface area contributed by atoms with E-state index in [9.17, 15) is 4.39 Å². The van der Waals surface area contributed by atoms with Gasteiger partial charge in [-0.05, 0) is 32.0 Å². The van der Waals surface area contributed by atoms with Crippen LogP contribution in [0.4, 0.5) is 10.1 Å². The van der Waals surface area contributed by atoms with Crippen molar-refractivity contribution in [2.45, 2.75) is 20.4 Å². The highest BCUT2D eigenvalue weighted by atomic mass is 19.1. The zero-order valence-electron chi connectivity index (χ0n) is 9.34. The van der Waals surface area contributed by atoms with Gasteiger partial charge in [0.15, 0.2) is 0 Å². The van der Waals surface area contributed by atoms with Crippen LogP contribution in [-0.4, -0.2) is 10.2 Å². The van der Waals surface area contributed by atoms with E-state index in [1.54, 1.807) is 6.07 Å². The Kier molecular flexibility index (Phi) is 2.90. The molecule has 1 aromatic carbocycles. The number of aryl methyl sites for hydroxylation is 2. The van der Waals surface area contributed by atoms with E-state index in [2.05, 4.69) is 15.5 Å². The standard InChI is InChI=1S/C12H14FN3/c1-8-12(9(2)16-15-8)7-14-11-5-3-4-10(13)6-11/h3-6,14H,7H2,1-2H3,(H,15,16). The van der Waals surface area contributed by atoms with Gasteiger partial charge < -0.3 is 5.32 Å². The number of benzene rings is 1. The summed E-state index contributed by atoms with van der Waals surface area (Å²) in [4.78, 5) is 0. The van der Waals surface area contributed by atoms with Crippen molar-refractivity contribution >= 4 is 5.69 Å². The van der Waals surface area contributed by atoms with E-state index in [0.29, 0.717) is 6.54 Å². The molecule has 3 nitrogen and oxygen atoms in total. The van der Waals surface area contributed by atoms with Gasteiger partial charge in [-0.15, -0.1) is 0 Å². The molecule has 0 spiro atoms. The van der Waals surface area contributed by atoms with Gasteiger partial charge in [0.2, 0.25) is 0 Å². The van der Waals surface area contributed by atoms with Gasteiger partial charge in [-0.25, -0.2) is 4.39 Å². The predicted molar refractivity (Wildman–Crippen MR) is 61.8 cm³/mol. The SMILES string of the molecule is Cc1n[nH]c(C)c1CNc1cccc(F)c1. The Morgan fingerprint density at radius 1 is 1.38 bits per heavy atom. The first kappa shape index (κ1) is 10.7. The van der Waals surface area contributed by atoms with Crippen molar-refractivity contribution in [2.75, 3.05) is 5.32 Å². The molecule has 1 heterocycles. The fourth-order valence-electron chi connectivity index (χ4n) is 1.62. The number of rotatable bonds is 3. The van der Waals surface area contributed by atoms with Crippen LogP contribution in [0.3, 0.4) is 0 Å². The second kappa shape index (κ2) is 4.35. The minimum atomic E-state index is -0.231. The van der Waals surface area contributed by atoms with Gasteiger partial charge in [0.05, 0.1) is 5.69 Å². The summed E-state index contributed by atoms with van der Waals surface area (Å²) in [5, 5.41) is 10.2. The van der Waals surface area contributed by atoms with E-state index in [-0.39, 0.29) is 5.82 Å². The zero-order valence-corrected chi connectivity index (χ0v) is 9.34. The Bertz CT molecular complexity index is 471. The van der Waals surface area contributed by atoms with Crippen LogP contribution in [0.2, 0.25) is 0 Å². The molecule has 0 amide bonds. The van der Waals surface area contributed by atoms with Gasteiger partial charge in [0.1, 0.15) is 5.82 Å². The average Bonchev–Trinajstić information content (AvgIpc) is 2.56. The molecular weight excluding hydrogens is 205 g/mol. The first-order valence-electron chi connectivity index (χ1n) is 5.16. The van der Waals surface area contributed by atoms with E-state index in [1.165, 1.54) is 12.1 Å². The lowest BCUT2D eigenvalue weighted by atomic mass is 10.2. The summed E-state index contributed by atoms with van der Waals surface area (Å²) >= 11 is 0. The largest absolute Gasteiger partial charge is 0.381 e. The molecule has 0 aliphatic heterocycles. The molecule has 0 aliphatic rings. The molecule has 1 aromatic heterocycles. The molecule has 0 radical (unpaired) electrons. The number of H-pyrrole nitrogens is 1. The van der Waals surface area contributed by atoms with Crippen molar-refractivity contribution in [3.05, 3.63) is 47.0 Å². The highest BCUT2D eigenvalue weighted by molar-refractivity contribution is 5.44. The second-order valence-electron chi connectivity index (χ2n) is 3.78. The van der Waals surface area contributed by atoms with E-state index in [4.69, 9.17) is 0 Å². The minimum Gasteiger partial charge on any atom is -0.381 e. The van der Waals surface area contributed by atoms with Crippen molar-refractivity contribution in [3.63, 3.8) is 0 Å². The van der Waals surface area contributed by atoms with Gasteiger partial charge in [-0.3, -0.25) is 5.10 Å². The molecule has 84 valence electrons. The minimum absolute atomic E-state index is 0.231. The van der Waals surface area contributed by atoms with Crippen LogP contribution in [0.15, 0.2) is 24.3 Å².